The number of hydrogen-bond acceptors (Lipinski definition) is 8. The second kappa shape index (κ2) is 8.49. The van der Waals surface area contributed by atoms with E-state index in [4.69, 9.17) is 16.9 Å². The van der Waals surface area contributed by atoms with Gasteiger partial charge in [-0.25, -0.2) is 21.8 Å². The summed E-state index contributed by atoms with van der Waals surface area (Å²) in [6.07, 6.45) is -4.47. The Balaban J connectivity index is 2.00. The molecule has 3 rings (SSSR count). The summed E-state index contributed by atoms with van der Waals surface area (Å²) >= 11 is 5.96. The van der Waals surface area contributed by atoms with Gasteiger partial charge in [-0.05, 0) is 30.3 Å². The third-order valence-corrected chi connectivity index (χ3v) is 9.56. The maximum absolute atomic E-state index is 13.1. The van der Waals surface area contributed by atoms with Crippen molar-refractivity contribution in [3.63, 3.8) is 0 Å². The number of nitriles is 1. The number of halogens is 4. The zero-order chi connectivity index (χ0) is 24.8. The Labute approximate surface area is 191 Å². The van der Waals surface area contributed by atoms with Crippen LogP contribution in [0.2, 0.25) is 5.02 Å². The number of aromatic nitrogens is 1. The number of nitrogens with zero attached hydrogens (tertiary/aromatic N) is 3. The van der Waals surface area contributed by atoms with Crippen molar-refractivity contribution in [3.05, 3.63) is 52.7 Å². The van der Waals surface area contributed by atoms with Gasteiger partial charge in [-0.15, -0.1) is 0 Å². The highest BCUT2D eigenvalue weighted by Gasteiger charge is 2.55. The molecule has 9 nitrogen and oxygen atoms in total. The summed E-state index contributed by atoms with van der Waals surface area (Å²) in [5.41, 5.74) is -3.61. The SMILES string of the molecule is N#Cc1ccc(S(=O)(=O)N2CC(S(=O)(=O)c3ccc(C(F)(F)F)cn3)[C@](O)(CO)C2)c(Cl)c1. The van der Waals surface area contributed by atoms with Crippen LogP contribution < -0.4 is 0 Å². The van der Waals surface area contributed by atoms with Crippen molar-refractivity contribution in [2.75, 3.05) is 19.7 Å². The lowest BCUT2D eigenvalue weighted by molar-refractivity contribution is -0.137. The average molecular weight is 526 g/mol. The summed E-state index contributed by atoms with van der Waals surface area (Å²) in [5, 5.41) is 26.2. The molecule has 2 atom stereocenters. The molecule has 0 amide bonds. The van der Waals surface area contributed by atoms with E-state index >= 15 is 0 Å². The number of β-amino-alcohol motifs (C(OH)–C–C–N with tert-alkyl or cyclic N) is 1. The second-order valence-corrected chi connectivity index (χ2v) is 11.6. The summed E-state index contributed by atoms with van der Waals surface area (Å²) in [7, 11) is -9.18. The van der Waals surface area contributed by atoms with E-state index in [2.05, 4.69) is 4.98 Å². The Hall–Kier alpha value is -2.28. The van der Waals surface area contributed by atoms with Crippen molar-refractivity contribution >= 4 is 31.5 Å². The van der Waals surface area contributed by atoms with E-state index in [-0.39, 0.29) is 10.6 Å². The third kappa shape index (κ3) is 4.57. The van der Waals surface area contributed by atoms with Crippen molar-refractivity contribution in [1.29, 1.82) is 5.26 Å². The lowest BCUT2D eigenvalue weighted by atomic mass is 10.1. The van der Waals surface area contributed by atoms with Crippen LogP contribution in [-0.4, -0.2) is 66.9 Å². The largest absolute Gasteiger partial charge is 0.417 e. The molecule has 1 aliphatic heterocycles. The van der Waals surface area contributed by atoms with E-state index in [0.29, 0.717) is 22.6 Å². The van der Waals surface area contributed by atoms with Gasteiger partial charge in [0.05, 0.1) is 28.8 Å². The predicted octanol–water partition coefficient (Wildman–Crippen LogP) is 1.20. The number of alkyl halides is 3. The molecule has 33 heavy (non-hydrogen) atoms. The van der Waals surface area contributed by atoms with Crippen LogP contribution in [0.1, 0.15) is 11.1 Å². The van der Waals surface area contributed by atoms with Crippen molar-refractivity contribution in [2.45, 2.75) is 26.9 Å². The van der Waals surface area contributed by atoms with Crippen LogP contribution in [0, 0.1) is 11.3 Å². The fourth-order valence-electron chi connectivity index (χ4n) is 3.33. The van der Waals surface area contributed by atoms with Crippen LogP contribution in [0.5, 0.6) is 0 Å². The molecule has 0 spiro atoms. The van der Waals surface area contributed by atoms with E-state index in [1.54, 1.807) is 6.07 Å². The minimum absolute atomic E-state index is 0.0704. The first-order valence-electron chi connectivity index (χ1n) is 8.97. The van der Waals surface area contributed by atoms with Gasteiger partial charge in [0.2, 0.25) is 19.9 Å². The van der Waals surface area contributed by atoms with Crippen LogP contribution in [0.25, 0.3) is 0 Å². The summed E-state index contributed by atoms with van der Waals surface area (Å²) in [5.74, 6) is 0. The maximum atomic E-state index is 13.1. The van der Waals surface area contributed by atoms with E-state index in [9.17, 15) is 40.2 Å². The molecule has 0 aliphatic carbocycles. The molecule has 1 aromatic carbocycles. The number of sulfonamides is 1. The Kier molecular flexibility index (Phi) is 6.52. The number of pyridine rings is 1. The second-order valence-electron chi connectivity index (χ2n) is 7.23. The Morgan fingerprint density at radius 1 is 1.24 bits per heavy atom. The Morgan fingerprint density at radius 2 is 1.91 bits per heavy atom. The van der Waals surface area contributed by atoms with Gasteiger partial charge in [-0.2, -0.15) is 22.7 Å². The van der Waals surface area contributed by atoms with Gasteiger partial charge in [0, 0.05) is 19.3 Å². The highest BCUT2D eigenvalue weighted by Crippen LogP contribution is 2.36. The molecule has 2 aromatic rings. The zero-order valence-corrected chi connectivity index (χ0v) is 18.7. The van der Waals surface area contributed by atoms with Gasteiger partial charge in [0.1, 0.15) is 15.7 Å². The van der Waals surface area contributed by atoms with Crippen LogP contribution in [0.15, 0.2) is 46.5 Å². The summed E-state index contributed by atoms with van der Waals surface area (Å²) in [6.45, 7) is -2.84. The first-order chi connectivity index (χ1) is 15.2. The number of rotatable bonds is 5. The van der Waals surface area contributed by atoms with Gasteiger partial charge < -0.3 is 10.2 Å². The van der Waals surface area contributed by atoms with E-state index in [0.717, 1.165) is 12.1 Å². The average Bonchev–Trinajstić information content (AvgIpc) is 3.12. The Morgan fingerprint density at radius 3 is 2.39 bits per heavy atom. The fraction of sp³-hybridized carbons (Fsp3) is 0.333. The molecular weight excluding hydrogens is 511 g/mol. The molecular formula is C18H15ClF3N3O6S2. The zero-order valence-electron chi connectivity index (χ0n) is 16.4. The molecule has 0 radical (unpaired) electrons. The van der Waals surface area contributed by atoms with Gasteiger partial charge in [-0.1, -0.05) is 11.6 Å². The number of sulfone groups is 1. The van der Waals surface area contributed by atoms with Crippen LogP contribution >= 0.6 is 11.6 Å². The van der Waals surface area contributed by atoms with Crippen LogP contribution in [-0.2, 0) is 26.0 Å². The highest BCUT2D eigenvalue weighted by molar-refractivity contribution is 7.92. The molecule has 2 heterocycles. The van der Waals surface area contributed by atoms with Gasteiger partial charge in [0.25, 0.3) is 0 Å². The number of aliphatic hydroxyl groups is 2. The number of aliphatic hydroxyl groups excluding tert-OH is 1. The molecule has 0 bridgehead atoms. The summed E-state index contributed by atoms with van der Waals surface area (Å²) < 4.78 is 91.0. The first-order valence-corrected chi connectivity index (χ1v) is 12.3. The molecule has 1 saturated heterocycles. The van der Waals surface area contributed by atoms with Crippen molar-refractivity contribution < 1.29 is 40.2 Å². The van der Waals surface area contributed by atoms with E-state index in [1.807, 2.05) is 0 Å². The minimum atomic E-state index is -4.76. The van der Waals surface area contributed by atoms with Gasteiger partial charge in [0.15, 0.2) is 5.03 Å². The van der Waals surface area contributed by atoms with Crippen molar-refractivity contribution in [3.8, 4) is 6.07 Å². The van der Waals surface area contributed by atoms with Crippen molar-refractivity contribution in [1.82, 2.24) is 9.29 Å². The minimum Gasteiger partial charge on any atom is -0.393 e. The molecule has 1 fully saturated rings. The number of benzene rings is 1. The first kappa shape index (κ1) is 25.3. The molecule has 1 aliphatic rings. The molecule has 1 aromatic heterocycles. The summed E-state index contributed by atoms with van der Waals surface area (Å²) in [6, 6.07) is 6.14. The summed E-state index contributed by atoms with van der Waals surface area (Å²) in [4.78, 5) is 2.86. The molecule has 2 N–H and O–H groups in total. The monoisotopic (exact) mass is 525 g/mol. The standard InChI is InChI=1S/C18H15ClF3N3O6S2/c19-13-5-11(6-23)1-3-14(13)33(30,31)25-8-15(17(27,9-25)10-26)32(28,29)16-4-2-12(7-24-16)18(20,21)22/h1-5,7,15,26-27H,8-10H2/t15?,17-/m1/s1. The molecule has 15 heteroatoms. The van der Waals surface area contributed by atoms with Crippen LogP contribution in [0.3, 0.4) is 0 Å². The molecule has 1 unspecified atom stereocenters. The highest BCUT2D eigenvalue weighted by atomic mass is 35.5. The van der Waals surface area contributed by atoms with E-state index < -0.39 is 72.1 Å². The molecule has 0 saturated carbocycles. The third-order valence-electron chi connectivity index (χ3n) is 5.10. The van der Waals surface area contributed by atoms with Gasteiger partial charge in [-0.3, -0.25) is 0 Å². The molecule has 178 valence electrons. The Bertz CT molecular complexity index is 1330. The lowest BCUT2D eigenvalue weighted by Gasteiger charge is -2.26. The lowest BCUT2D eigenvalue weighted by Crippen LogP contribution is -2.49. The number of hydrogen-bond donors (Lipinski definition) is 2. The normalized spacial score (nSPS) is 22.3. The maximum Gasteiger partial charge on any atom is 0.417 e. The van der Waals surface area contributed by atoms with Crippen molar-refractivity contribution in [2.24, 2.45) is 0 Å². The van der Waals surface area contributed by atoms with Gasteiger partial charge >= 0.3 is 6.18 Å². The smallest absolute Gasteiger partial charge is 0.393 e. The predicted molar refractivity (Wildman–Crippen MR) is 107 cm³/mol. The topological polar surface area (TPSA) is 149 Å². The fourth-order valence-corrected chi connectivity index (χ4v) is 7.31. The van der Waals surface area contributed by atoms with Crippen LogP contribution in [0.4, 0.5) is 13.2 Å². The van der Waals surface area contributed by atoms with E-state index in [1.165, 1.54) is 6.07 Å². The quantitative estimate of drug-likeness (QED) is 0.591.